The molecule has 1 aliphatic heterocycles. The van der Waals surface area contributed by atoms with Gasteiger partial charge in [-0.25, -0.2) is 4.98 Å². The Morgan fingerprint density at radius 3 is 2.18 bits per heavy atom. The van der Waals surface area contributed by atoms with Crippen molar-refractivity contribution in [1.82, 2.24) is 9.97 Å². The Hall–Kier alpha value is -2.30. The third-order valence-electron chi connectivity index (χ3n) is 5.62. The minimum absolute atomic E-state index is 0.885. The van der Waals surface area contributed by atoms with Gasteiger partial charge in [0.2, 0.25) is 5.95 Å². The third kappa shape index (κ3) is 4.57. The van der Waals surface area contributed by atoms with E-state index in [1.54, 1.807) is 0 Å². The molecule has 0 spiro atoms. The highest BCUT2D eigenvalue weighted by Crippen LogP contribution is 2.25. The summed E-state index contributed by atoms with van der Waals surface area (Å²) >= 11 is 0. The van der Waals surface area contributed by atoms with Crippen LogP contribution in [0, 0.1) is 20.8 Å². The molecular weight excluding hydrogens is 346 g/mol. The van der Waals surface area contributed by atoms with E-state index >= 15 is 0 Å². The predicted molar refractivity (Wildman–Crippen MR) is 120 cm³/mol. The SMILES string of the molecule is CCCN(CCC)c1nc(C)cc(N2CCN(c3cccc(C)c3C)CC2)n1. The van der Waals surface area contributed by atoms with E-state index in [2.05, 4.69) is 73.6 Å². The van der Waals surface area contributed by atoms with Gasteiger partial charge in [0.25, 0.3) is 0 Å². The van der Waals surface area contributed by atoms with Gasteiger partial charge >= 0.3 is 0 Å². The summed E-state index contributed by atoms with van der Waals surface area (Å²) in [6, 6.07) is 8.74. The number of piperazine rings is 1. The Bertz CT molecular complexity index is 775. The summed E-state index contributed by atoms with van der Waals surface area (Å²) in [6.45, 7) is 17.0. The molecule has 0 saturated carbocycles. The zero-order valence-electron chi connectivity index (χ0n) is 18.2. The minimum atomic E-state index is 0.885. The molecule has 0 atom stereocenters. The van der Waals surface area contributed by atoms with Gasteiger partial charge in [0.05, 0.1) is 0 Å². The van der Waals surface area contributed by atoms with Crippen molar-refractivity contribution in [3.05, 3.63) is 41.1 Å². The van der Waals surface area contributed by atoms with E-state index in [1.165, 1.54) is 16.8 Å². The van der Waals surface area contributed by atoms with Crippen LogP contribution in [0.4, 0.5) is 17.5 Å². The largest absolute Gasteiger partial charge is 0.368 e. The first-order valence-electron chi connectivity index (χ1n) is 10.7. The van der Waals surface area contributed by atoms with Gasteiger partial charge in [-0.05, 0) is 50.8 Å². The third-order valence-corrected chi connectivity index (χ3v) is 5.62. The van der Waals surface area contributed by atoms with Gasteiger partial charge in [-0.15, -0.1) is 0 Å². The lowest BCUT2D eigenvalue weighted by Gasteiger charge is -2.38. The fourth-order valence-corrected chi connectivity index (χ4v) is 3.95. The van der Waals surface area contributed by atoms with Crippen molar-refractivity contribution in [2.75, 3.05) is 54.0 Å². The maximum Gasteiger partial charge on any atom is 0.227 e. The lowest BCUT2D eigenvalue weighted by Crippen LogP contribution is -2.47. The Balaban J connectivity index is 1.74. The van der Waals surface area contributed by atoms with E-state index in [9.17, 15) is 0 Å². The van der Waals surface area contributed by atoms with E-state index in [0.29, 0.717) is 0 Å². The van der Waals surface area contributed by atoms with E-state index < -0.39 is 0 Å². The number of hydrogen-bond acceptors (Lipinski definition) is 5. The summed E-state index contributed by atoms with van der Waals surface area (Å²) in [7, 11) is 0. The standard InChI is InChI=1S/C23H35N5/c1-6-11-28(12-7-2)23-24-19(4)17-22(25-23)27-15-13-26(14-16-27)21-10-8-9-18(3)20(21)5/h8-10,17H,6-7,11-16H2,1-5H3. The second kappa shape index (κ2) is 9.26. The topological polar surface area (TPSA) is 35.5 Å². The Labute approximate surface area is 170 Å². The monoisotopic (exact) mass is 381 g/mol. The molecule has 2 heterocycles. The van der Waals surface area contributed by atoms with Crippen molar-refractivity contribution in [3.63, 3.8) is 0 Å². The van der Waals surface area contributed by atoms with Gasteiger partial charge in [0.1, 0.15) is 5.82 Å². The molecule has 0 radical (unpaired) electrons. The molecule has 0 N–H and O–H groups in total. The number of nitrogens with zero attached hydrogens (tertiary/aromatic N) is 5. The number of anilines is 3. The summed E-state index contributed by atoms with van der Waals surface area (Å²) in [4.78, 5) is 16.9. The molecule has 0 amide bonds. The summed E-state index contributed by atoms with van der Waals surface area (Å²) in [5, 5.41) is 0. The van der Waals surface area contributed by atoms with Crippen molar-refractivity contribution >= 4 is 17.5 Å². The van der Waals surface area contributed by atoms with Crippen LogP contribution in [-0.2, 0) is 0 Å². The molecule has 28 heavy (non-hydrogen) atoms. The molecule has 5 heteroatoms. The highest BCUT2D eigenvalue weighted by atomic mass is 15.3. The van der Waals surface area contributed by atoms with Gasteiger partial charge in [0, 0.05) is 56.7 Å². The summed E-state index contributed by atoms with van der Waals surface area (Å²) in [6.07, 6.45) is 2.22. The molecule has 0 aliphatic carbocycles. The molecule has 1 aromatic carbocycles. The van der Waals surface area contributed by atoms with Crippen LogP contribution < -0.4 is 14.7 Å². The van der Waals surface area contributed by atoms with Crippen LogP contribution in [0.3, 0.4) is 0 Å². The molecule has 1 aliphatic rings. The maximum atomic E-state index is 4.95. The zero-order valence-corrected chi connectivity index (χ0v) is 18.2. The number of benzene rings is 1. The van der Waals surface area contributed by atoms with Crippen LogP contribution in [0.25, 0.3) is 0 Å². The van der Waals surface area contributed by atoms with E-state index in [-0.39, 0.29) is 0 Å². The maximum absolute atomic E-state index is 4.95. The molecule has 1 aromatic heterocycles. The first-order chi connectivity index (χ1) is 13.5. The van der Waals surface area contributed by atoms with E-state index in [4.69, 9.17) is 9.97 Å². The normalized spacial score (nSPS) is 14.5. The molecular formula is C23H35N5. The van der Waals surface area contributed by atoms with Crippen LogP contribution in [0.1, 0.15) is 43.5 Å². The number of aryl methyl sites for hydroxylation is 2. The number of hydrogen-bond donors (Lipinski definition) is 0. The fraction of sp³-hybridized carbons (Fsp3) is 0.565. The van der Waals surface area contributed by atoms with Gasteiger partial charge in [-0.1, -0.05) is 26.0 Å². The average molecular weight is 382 g/mol. The molecule has 3 rings (SSSR count). The second-order valence-corrected chi connectivity index (χ2v) is 7.85. The highest BCUT2D eigenvalue weighted by molar-refractivity contribution is 5.57. The molecule has 0 bridgehead atoms. The van der Waals surface area contributed by atoms with Gasteiger partial charge in [0.15, 0.2) is 0 Å². The first kappa shape index (κ1) is 20.4. The second-order valence-electron chi connectivity index (χ2n) is 7.85. The Morgan fingerprint density at radius 2 is 1.54 bits per heavy atom. The van der Waals surface area contributed by atoms with Crippen LogP contribution in [-0.4, -0.2) is 49.2 Å². The van der Waals surface area contributed by atoms with Crippen molar-refractivity contribution in [1.29, 1.82) is 0 Å². The van der Waals surface area contributed by atoms with Crippen LogP contribution >= 0.6 is 0 Å². The lowest BCUT2D eigenvalue weighted by atomic mass is 10.1. The lowest BCUT2D eigenvalue weighted by molar-refractivity contribution is 0.642. The number of aromatic nitrogens is 2. The molecule has 152 valence electrons. The van der Waals surface area contributed by atoms with Crippen molar-refractivity contribution in [2.24, 2.45) is 0 Å². The molecule has 2 aromatic rings. The van der Waals surface area contributed by atoms with Gasteiger partial charge < -0.3 is 14.7 Å². The van der Waals surface area contributed by atoms with Crippen molar-refractivity contribution < 1.29 is 0 Å². The molecule has 0 unspecified atom stereocenters. The van der Waals surface area contributed by atoms with Crippen molar-refractivity contribution in [2.45, 2.75) is 47.5 Å². The smallest absolute Gasteiger partial charge is 0.227 e. The summed E-state index contributed by atoms with van der Waals surface area (Å²) < 4.78 is 0. The predicted octanol–water partition coefficient (Wildman–Crippen LogP) is 4.35. The van der Waals surface area contributed by atoms with Crippen molar-refractivity contribution in [3.8, 4) is 0 Å². The Morgan fingerprint density at radius 1 is 0.893 bits per heavy atom. The summed E-state index contributed by atoms with van der Waals surface area (Å²) in [5.41, 5.74) is 5.18. The minimum Gasteiger partial charge on any atom is -0.368 e. The number of rotatable bonds is 7. The molecule has 5 nitrogen and oxygen atoms in total. The fourth-order valence-electron chi connectivity index (χ4n) is 3.95. The zero-order chi connectivity index (χ0) is 20.1. The summed E-state index contributed by atoms with van der Waals surface area (Å²) in [5.74, 6) is 1.95. The van der Waals surface area contributed by atoms with Crippen LogP contribution in [0.5, 0.6) is 0 Å². The average Bonchev–Trinajstić information content (AvgIpc) is 2.69. The van der Waals surface area contributed by atoms with Crippen LogP contribution in [0.15, 0.2) is 24.3 Å². The van der Waals surface area contributed by atoms with Gasteiger partial charge in [-0.3, -0.25) is 0 Å². The quantitative estimate of drug-likeness (QED) is 0.712. The van der Waals surface area contributed by atoms with Crippen LogP contribution in [0.2, 0.25) is 0 Å². The van der Waals surface area contributed by atoms with E-state index in [1.807, 2.05) is 0 Å². The molecule has 1 saturated heterocycles. The highest BCUT2D eigenvalue weighted by Gasteiger charge is 2.21. The Kier molecular flexibility index (Phi) is 6.76. The van der Waals surface area contributed by atoms with Gasteiger partial charge in [-0.2, -0.15) is 4.98 Å². The molecule has 1 fully saturated rings. The van der Waals surface area contributed by atoms with E-state index in [0.717, 1.165) is 69.6 Å². The first-order valence-corrected chi connectivity index (χ1v) is 10.7.